The van der Waals surface area contributed by atoms with Crippen molar-refractivity contribution in [2.75, 3.05) is 5.75 Å². The van der Waals surface area contributed by atoms with Gasteiger partial charge in [0.15, 0.2) is 5.82 Å². The fourth-order valence-corrected chi connectivity index (χ4v) is 6.03. The molecule has 0 saturated carbocycles. The third kappa shape index (κ3) is 3.81. The molecule has 0 atom stereocenters. The molecule has 1 aliphatic carbocycles. The molecular formula is C22H26N2S2. The van der Waals surface area contributed by atoms with Crippen molar-refractivity contribution in [2.45, 2.75) is 63.3 Å². The maximum atomic E-state index is 5.03. The van der Waals surface area contributed by atoms with Gasteiger partial charge in [-0.25, -0.2) is 9.97 Å². The first-order valence-electron chi connectivity index (χ1n) is 9.87. The van der Waals surface area contributed by atoms with Crippen LogP contribution in [0, 0.1) is 0 Å². The topological polar surface area (TPSA) is 25.8 Å². The van der Waals surface area contributed by atoms with Crippen molar-refractivity contribution in [1.29, 1.82) is 0 Å². The van der Waals surface area contributed by atoms with Crippen molar-refractivity contribution in [1.82, 2.24) is 9.97 Å². The summed E-state index contributed by atoms with van der Waals surface area (Å²) in [6, 6.07) is 10.4. The summed E-state index contributed by atoms with van der Waals surface area (Å²) in [6.07, 6.45) is 10.3. The van der Waals surface area contributed by atoms with Crippen LogP contribution in [0.3, 0.4) is 0 Å². The molecule has 0 unspecified atom stereocenters. The number of nitrogens with zero attached hydrogens (tertiary/aromatic N) is 2. The molecular weight excluding hydrogens is 356 g/mol. The van der Waals surface area contributed by atoms with Gasteiger partial charge in [-0.15, -0.1) is 23.1 Å². The van der Waals surface area contributed by atoms with Crippen LogP contribution in [0.2, 0.25) is 0 Å². The first-order valence-corrected chi connectivity index (χ1v) is 11.7. The second kappa shape index (κ2) is 8.53. The van der Waals surface area contributed by atoms with Crippen molar-refractivity contribution >= 4 is 33.3 Å². The summed E-state index contributed by atoms with van der Waals surface area (Å²) in [7, 11) is 0. The highest BCUT2D eigenvalue weighted by molar-refractivity contribution is 7.99. The summed E-state index contributed by atoms with van der Waals surface area (Å²) in [4.78, 5) is 12.7. The Morgan fingerprint density at radius 2 is 1.85 bits per heavy atom. The first kappa shape index (κ1) is 18.0. The van der Waals surface area contributed by atoms with Crippen molar-refractivity contribution in [3.05, 3.63) is 40.8 Å². The standard InChI is InChI=1S/C22H26N2S2/c1-2-3-4-10-15-25-21-19-17-13-8-9-14-18(17)26-22(19)24-20(23-21)16-11-6-5-7-12-16/h5-7,11-12H,2-4,8-10,13-15H2,1H3. The molecule has 4 rings (SSSR count). The lowest BCUT2D eigenvalue weighted by molar-refractivity contribution is 0.699. The average Bonchev–Trinajstić information content (AvgIpc) is 3.07. The summed E-state index contributed by atoms with van der Waals surface area (Å²) < 4.78 is 0. The molecule has 3 aromatic rings. The van der Waals surface area contributed by atoms with Crippen LogP contribution in [-0.2, 0) is 12.8 Å². The van der Waals surface area contributed by atoms with Gasteiger partial charge in [0.1, 0.15) is 9.86 Å². The van der Waals surface area contributed by atoms with E-state index in [4.69, 9.17) is 9.97 Å². The van der Waals surface area contributed by atoms with E-state index in [9.17, 15) is 0 Å². The Kier molecular flexibility index (Phi) is 5.91. The van der Waals surface area contributed by atoms with Gasteiger partial charge in [-0.05, 0) is 43.4 Å². The van der Waals surface area contributed by atoms with E-state index in [0.717, 1.165) is 17.1 Å². The monoisotopic (exact) mass is 382 g/mol. The van der Waals surface area contributed by atoms with Gasteiger partial charge in [-0.1, -0.05) is 56.5 Å². The second-order valence-corrected chi connectivity index (χ2v) is 9.19. The molecule has 26 heavy (non-hydrogen) atoms. The summed E-state index contributed by atoms with van der Waals surface area (Å²) in [6.45, 7) is 2.27. The number of thioether (sulfide) groups is 1. The average molecular weight is 383 g/mol. The molecule has 0 saturated heterocycles. The number of thiophene rings is 1. The predicted molar refractivity (Wildman–Crippen MR) is 114 cm³/mol. The Morgan fingerprint density at radius 3 is 2.69 bits per heavy atom. The normalized spacial score (nSPS) is 13.9. The van der Waals surface area contributed by atoms with Crippen LogP contribution in [0.5, 0.6) is 0 Å². The zero-order valence-corrected chi connectivity index (χ0v) is 17.1. The smallest absolute Gasteiger partial charge is 0.162 e. The minimum Gasteiger partial charge on any atom is -0.221 e. The van der Waals surface area contributed by atoms with Gasteiger partial charge in [0.05, 0.1) is 0 Å². The summed E-state index contributed by atoms with van der Waals surface area (Å²) in [5.41, 5.74) is 2.67. The number of aromatic nitrogens is 2. The first-order chi connectivity index (χ1) is 12.9. The minimum atomic E-state index is 0.882. The van der Waals surface area contributed by atoms with Gasteiger partial charge in [-0.2, -0.15) is 0 Å². The van der Waals surface area contributed by atoms with Crippen LogP contribution >= 0.6 is 23.1 Å². The van der Waals surface area contributed by atoms with Crippen LogP contribution in [0.1, 0.15) is 55.9 Å². The maximum Gasteiger partial charge on any atom is 0.162 e. The zero-order valence-electron chi connectivity index (χ0n) is 15.5. The number of hydrogen-bond acceptors (Lipinski definition) is 4. The van der Waals surface area contributed by atoms with Gasteiger partial charge in [0, 0.05) is 15.8 Å². The van der Waals surface area contributed by atoms with E-state index >= 15 is 0 Å². The molecule has 0 bridgehead atoms. The molecule has 0 N–H and O–H groups in total. The molecule has 1 aromatic carbocycles. The van der Waals surface area contributed by atoms with Crippen LogP contribution in [0.4, 0.5) is 0 Å². The molecule has 2 nitrogen and oxygen atoms in total. The zero-order chi connectivity index (χ0) is 17.8. The van der Waals surface area contributed by atoms with E-state index < -0.39 is 0 Å². The highest BCUT2D eigenvalue weighted by Gasteiger charge is 2.21. The van der Waals surface area contributed by atoms with Gasteiger partial charge in [0.2, 0.25) is 0 Å². The van der Waals surface area contributed by atoms with E-state index in [-0.39, 0.29) is 0 Å². The maximum absolute atomic E-state index is 5.03. The van der Waals surface area contributed by atoms with Crippen LogP contribution in [0.15, 0.2) is 35.4 Å². The number of hydrogen-bond donors (Lipinski definition) is 0. The van der Waals surface area contributed by atoms with Crippen LogP contribution in [-0.4, -0.2) is 15.7 Å². The molecule has 0 radical (unpaired) electrons. The van der Waals surface area contributed by atoms with Crippen molar-refractivity contribution in [3.8, 4) is 11.4 Å². The molecule has 2 aromatic heterocycles. The third-order valence-corrected chi connectivity index (χ3v) is 7.30. The largest absolute Gasteiger partial charge is 0.221 e. The van der Waals surface area contributed by atoms with Gasteiger partial charge in [0.25, 0.3) is 0 Å². The summed E-state index contributed by atoms with van der Waals surface area (Å²) in [5, 5.41) is 2.58. The lowest BCUT2D eigenvalue weighted by atomic mass is 9.97. The molecule has 1 aliphatic rings. The predicted octanol–water partition coefficient (Wildman–Crippen LogP) is 6.91. The van der Waals surface area contributed by atoms with Gasteiger partial charge >= 0.3 is 0 Å². The molecule has 2 heterocycles. The molecule has 0 fully saturated rings. The number of rotatable bonds is 7. The summed E-state index contributed by atoms with van der Waals surface area (Å²) in [5.74, 6) is 2.04. The number of fused-ring (bicyclic) bond motifs is 3. The molecule has 4 heteroatoms. The minimum absolute atomic E-state index is 0.882. The van der Waals surface area contributed by atoms with Crippen molar-refractivity contribution in [3.63, 3.8) is 0 Å². The Labute approximate surface area is 164 Å². The summed E-state index contributed by atoms with van der Waals surface area (Å²) >= 11 is 3.85. The van der Waals surface area contributed by atoms with E-state index in [1.54, 1.807) is 10.4 Å². The number of aryl methyl sites for hydroxylation is 2. The van der Waals surface area contributed by atoms with E-state index in [1.165, 1.54) is 66.6 Å². The fraction of sp³-hybridized carbons (Fsp3) is 0.455. The molecule has 0 spiro atoms. The van der Waals surface area contributed by atoms with Crippen LogP contribution in [0.25, 0.3) is 21.6 Å². The third-order valence-electron chi connectivity index (χ3n) is 5.05. The number of benzene rings is 1. The fourth-order valence-electron chi connectivity index (χ4n) is 3.64. The Hall–Kier alpha value is -1.39. The Morgan fingerprint density at radius 1 is 1.00 bits per heavy atom. The SMILES string of the molecule is CCCCCCSc1nc(-c2ccccc2)nc2sc3c(c12)CCCC3. The van der Waals surface area contributed by atoms with E-state index in [0.29, 0.717) is 0 Å². The highest BCUT2D eigenvalue weighted by atomic mass is 32.2. The van der Waals surface area contributed by atoms with Crippen molar-refractivity contribution < 1.29 is 0 Å². The molecule has 136 valence electrons. The molecule has 0 aliphatic heterocycles. The lowest BCUT2D eigenvalue weighted by Crippen LogP contribution is -2.00. The van der Waals surface area contributed by atoms with Gasteiger partial charge < -0.3 is 0 Å². The van der Waals surface area contributed by atoms with Crippen LogP contribution < -0.4 is 0 Å². The molecule has 0 amide bonds. The Balaban J connectivity index is 1.71. The van der Waals surface area contributed by atoms with E-state index in [2.05, 4.69) is 37.3 Å². The van der Waals surface area contributed by atoms with Gasteiger partial charge in [-0.3, -0.25) is 0 Å². The van der Waals surface area contributed by atoms with E-state index in [1.807, 2.05) is 23.1 Å². The van der Waals surface area contributed by atoms with Crippen molar-refractivity contribution in [2.24, 2.45) is 0 Å². The quantitative estimate of drug-likeness (QED) is 0.252. The number of unbranched alkanes of at least 4 members (excludes halogenated alkanes) is 3. The highest BCUT2D eigenvalue weighted by Crippen LogP contribution is 2.40. The Bertz CT molecular complexity index is 871. The lowest BCUT2D eigenvalue weighted by Gasteiger charge is -2.12. The second-order valence-electron chi connectivity index (χ2n) is 7.02.